The second-order valence-electron chi connectivity index (χ2n) is 6.46. The van der Waals surface area contributed by atoms with Crippen LogP contribution in [0, 0.1) is 0 Å². The number of hydrogen-bond acceptors (Lipinski definition) is 6. The molecule has 162 valence electrons. The van der Waals surface area contributed by atoms with E-state index in [1.807, 2.05) is 31.2 Å². The van der Waals surface area contributed by atoms with Gasteiger partial charge in [-0.1, -0.05) is 25.5 Å². The number of likely N-dealkylation sites (N-methyl/N-ethyl adjacent to an activating group) is 1. The molecule has 0 amide bonds. The number of carboxylic acids is 2. The van der Waals surface area contributed by atoms with Crippen molar-refractivity contribution >= 4 is 11.9 Å². The summed E-state index contributed by atoms with van der Waals surface area (Å²) in [5, 5.41) is 26.1. The standard InChI is InChI=1S/C17H27NO3.C4H4O4/c1-3-18-12-8-7-9-14(18)15(19)13-21-17-11-6-5-10-16(17)20-4-2;5-3(6)1-2-4(7)8/h5-6,10-11,14-15,19H,3-4,7-9,12-13H2,1-2H3;1-2H,(H,5,6)(H,7,8)/b;2-1-. The Labute approximate surface area is 171 Å². The first-order valence-corrected chi connectivity index (χ1v) is 9.79. The number of carbonyl (C=O) groups is 2. The molecule has 1 aromatic carbocycles. The number of para-hydroxylation sites is 2. The van der Waals surface area contributed by atoms with Crippen molar-refractivity contribution in [2.75, 3.05) is 26.3 Å². The van der Waals surface area contributed by atoms with E-state index in [2.05, 4.69) is 11.8 Å². The third-order valence-electron chi connectivity index (χ3n) is 4.44. The van der Waals surface area contributed by atoms with Crippen molar-refractivity contribution in [2.24, 2.45) is 0 Å². The number of aliphatic hydroxyl groups is 1. The first-order chi connectivity index (χ1) is 13.9. The van der Waals surface area contributed by atoms with E-state index < -0.39 is 18.0 Å². The number of piperidine rings is 1. The van der Waals surface area contributed by atoms with Crippen LogP contribution in [0.3, 0.4) is 0 Å². The third kappa shape index (κ3) is 9.45. The van der Waals surface area contributed by atoms with Gasteiger partial charge >= 0.3 is 11.9 Å². The van der Waals surface area contributed by atoms with Gasteiger partial charge < -0.3 is 24.8 Å². The first kappa shape index (κ1) is 24.5. The van der Waals surface area contributed by atoms with Gasteiger partial charge in [-0.25, -0.2) is 9.59 Å². The Morgan fingerprint density at radius 3 is 2.21 bits per heavy atom. The molecular weight excluding hydrogens is 378 g/mol. The number of likely N-dealkylation sites (tertiary alicyclic amines) is 1. The fourth-order valence-corrected chi connectivity index (χ4v) is 3.12. The molecule has 1 aliphatic heterocycles. The van der Waals surface area contributed by atoms with E-state index in [0.29, 0.717) is 31.1 Å². The van der Waals surface area contributed by atoms with Crippen molar-refractivity contribution in [1.29, 1.82) is 0 Å². The van der Waals surface area contributed by atoms with Gasteiger partial charge in [-0.2, -0.15) is 0 Å². The number of hydrogen-bond donors (Lipinski definition) is 3. The van der Waals surface area contributed by atoms with Crippen molar-refractivity contribution in [1.82, 2.24) is 4.90 Å². The molecule has 8 nitrogen and oxygen atoms in total. The number of ether oxygens (including phenoxy) is 2. The summed E-state index contributed by atoms with van der Waals surface area (Å²) in [4.78, 5) is 21.5. The van der Waals surface area contributed by atoms with Crippen LogP contribution in [0.1, 0.15) is 33.1 Å². The van der Waals surface area contributed by atoms with Gasteiger partial charge in [0.1, 0.15) is 12.7 Å². The lowest BCUT2D eigenvalue weighted by Gasteiger charge is -2.37. The van der Waals surface area contributed by atoms with Gasteiger partial charge in [0, 0.05) is 18.2 Å². The fourth-order valence-electron chi connectivity index (χ4n) is 3.12. The molecule has 0 radical (unpaired) electrons. The van der Waals surface area contributed by atoms with Crippen molar-refractivity contribution in [3.63, 3.8) is 0 Å². The van der Waals surface area contributed by atoms with E-state index in [1.165, 1.54) is 12.8 Å². The molecule has 2 atom stereocenters. The van der Waals surface area contributed by atoms with Crippen molar-refractivity contribution < 1.29 is 34.4 Å². The maximum Gasteiger partial charge on any atom is 0.328 e. The molecule has 3 N–H and O–H groups in total. The second-order valence-corrected chi connectivity index (χ2v) is 6.46. The highest BCUT2D eigenvalue weighted by atomic mass is 16.5. The molecule has 1 heterocycles. The molecule has 0 bridgehead atoms. The van der Waals surface area contributed by atoms with Crippen LogP contribution in [0.5, 0.6) is 11.5 Å². The monoisotopic (exact) mass is 409 g/mol. The molecule has 2 unspecified atom stereocenters. The summed E-state index contributed by atoms with van der Waals surface area (Å²) < 4.78 is 11.3. The molecule has 1 aliphatic rings. The highest BCUT2D eigenvalue weighted by Crippen LogP contribution is 2.27. The van der Waals surface area contributed by atoms with Crippen LogP contribution in [0.15, 0.2) is 36.4 Å². The molecule has 29 heavy (non-hydrogen) atoms. The van der Waals surface area contributed by atoms with Crippen molar-refractivity contribution in [3.05, 3.63) is 36.4 Å². The number of carboxylic acid groups (broad SMARTS) is 2. The Morgan fingerprint density at radius 2 is 1.69 bits per heavy atom. The van der Waals surface area contributed by atoms with E-state index in [4.69, 9.17) is 19.7 Å². The van der Waals surface area contributed by atoms with Crippen LogP contribution in [0.25, 0.3) is 0 Å². The predicted molar refractivity (Wildman–Crippen MR) is 108 cm³/mol. The van der Waals surface area contributed by atoms with Crippen LogP contribution in [-0.4, -0.2) is 70.6 Å². The SMILES string of the molecule is CCOc1ccccc1OCC(O)C1CCCCN1CC.O=C(O)/C=C\C(=O)O. The number of aliphatic carboxylic acids is 2. The lowest BCUT2D eigenvalue weighted by molar-refractivity contribution is -0.134. The van der Waals surface area contributed by atoms with Crippen LogP contribution in [-0.2, 0) is 9.59 Å². The lowest BCUT2D eigenvalue weighted by Crippen LogP contribution is -2.48. The Balaban J connectivity index is 0.000000447. The average molecular weight is 409 g/mol. The van der Waals surface area contributed by atoms with Crippen LogP contribution >= 0.6 is 0 Å². The summed E-state index contributed by atoms with van der Waals surface area (Å²) in [7, 11) is 0. The fraction of sp³-hybridized carbons (Fsp3) is 0.524. The first-order valence-electron chi connectivity index (χ1n) is 9.79. The summed E-state index contributed by atoms with van der Waals surface area (Å²) in [5.41, 5.74) is 0. The van der Waals surface area contributed by atoms with E-state index in [0.717, 1.165) is 25.3 Å². The largest absolute Gasteiger partial charge is 0.490 e. The van der Waals surface area contributed by atoms with Gasteiger partial charge in [0.25, 0.3) is 0 Å². The highest BCUT2D eigenvalue weighted by molar-refractivity contribution is 5.89. The van der Waals surface area contributed by atoms with Crippen LogP contribution in [0.4, 0.5) is 0 Å². The van der Waals surface area contributed by atoms with Crippen LogP contribution in [0.2, 0.25) is 0 Å². The zero-order valence-electron chi connectivity index (χ0n) is 17.0. The van der Waals surface area contributed by atoms with E-state index >= 15 is 0 Å². The Bertz CT molecular complexity index is 646. The summed E-state index contributed by atoms with van der Waals surface area (Å²) >= 11 is 0. The van der Waals surface area contributed by atoms with E-state index in [-0.39, 0.29) is 6.04 Å². The summed E-state index contributed by atoms with van der Waals surface area (Å²) in [5.74, 6) is -1.07. The minimum atomic E-state index is -1.26. The molecule has 2 rings (SSSR count). The molecule has 1 saturated heterocycles. The number of rotatable bonds is 9. The molecular formula is C21H31NO7. The zero-order valence-corrected chi connectivity index (χ0v) is 17.0. The minimum Gasteiger partial charge on any atom is -0.490 e. The molecule has 0 spiro atoms. The highest BCUT2D eigenvalue weighted by Gasteiger charge is 2.28. The number of nitrogens with zero attached hydrogens (tertiary/aromatic N) is 1. The van der Waals surface area contributed by atoms with Gasteiger partial charge in [0.15, 0.2) is 11.5 Å². The molecule has 1 fully saturated rings. The Kier molecular flexibility index (Phi) is 11.4. The maximum atomic E-state index is 10.5. The average Bonchev–Trinajstić information content (AvgIpc) is 2.72. The van der Waals surface area contributed by atoms with Gasteiger partial charge in [0.2, 0.25) is 0 Å². The summed E-state index contributed by atoms with van der Waals surface area (Å²) in [6.45, 7) is 7.08. The second kappa shape index (κ2) is 13.6. The Hall–Kier alpha value is -2.58. The summed E-state index contributed by atoms with van der Waals surface area (Å²) in [6, 6.07) is 7.83. The van der Waals surface area contributed by atoms with Gasteiger partial charge in [-0.15, -0.1) is 0 Å². The maximum absolute atomic E-state index is 10.5. The zero-order chi connectivity index (χ0) is 21.6. The van der Waals surface area contributed by atoms with Crippen LogP contribution < -0.4 is 9.47 Å². The van der Waals surface area contributed by atoms with E-state index in [9.17, 15) is 14.7 Å². The quantitative estimate of drug-likeness (QED) is 0.533. The number of aliphatic hydroxyl groups excluding tert-OH is 1. The topological polar surface area (TPSA) is 117 Å². The Morgan fingerprint density at radius 1 is 1.10 bits per heavy atom. The summed E-state index contributed by atoms with van der Waals surface area (Å²) in [6.07, 6.45) is 4.12. The minimum absolute atomic E-state index is 0.211. The van der Waals surface area contributed by atoms with Crippen molar-refractivity contribution in [2.45, 2.75) is 45.3 Å². The smallest absolute Gasteiger partial charge is 0.328 e. The number of benzene rings is 1. The van der Waals surface area contributed by atoms with Gasteiger partial charge in [-0.3, -0.25) is 4.90 Å². The van der Waals surface area contributed by atoms with Gasteiger partial charge in [-0.05, 0) is 45.0 Å². The van der Waals surface area contributed by atoms with Crippen molar-refractivity contribution in [3.8, 4) is 11.5 Å². The third-order valence-corrected chi connectivity index (χ3v) is 4.44. The predicted octanol–water partition coefficient (Wildman–Crippen LogP) is 2.41. The lowest BCUT2D eigenvalue weighted by atomic mass is 9.98. The van der Waals surface area contributed by atoms with Gasteiger partial charge in [0.05, 0.1) is 6.61 Å². The normalized spacial score (nSPS) is 17.8. The molecule has 8 heteroatoms. The molecule has 0 aromatic heterocycles. The van der Waals surface area contributed by atoms with E-state index in [1.54, 1.807) is 0 Å². The molecule has 0 aliphatic carbocycles. The molecule has 0 saturated carbocycles. The molecule has 1 aromatic rings.